The first kappa shape index (κ1) is 17.8. The summed E-state index contributed by atoms with van der Waals surface area (Å²) in [5.41, 5.74) is 0.794. The molecular formula is C17H25N5O2. The Kier molecular flexibility index (Phi) is 6.60. The van der Waals surface area contributed by atoms with Crippen molar-refractivity contribution in [3.63, 3.8) is 0 Å². The summed E-state index contributed by atoms with van der Waals surface area (Å²) in [6.07, 6.45) is 3.67. The van der Waals surface area contributed by atoms with Gasteiger partial charge in [-0.3, -0.25) is 0 Å². The molecule has 2 rings (SSSR count). The molecule has 0 unspecified atom stereocenters. The molecule has 0 saturated heterocycles. The van der Waals surface area contributed by atoms with Crippen LogP contribution in [-0.4, -0.2) is 42.5 Å². The maximum atomic E-state index is 5.40. The van der Waals surface area contributed by atoms with E-state index in [2.05, 4.69) is 39.2 Å². The van der Waals surface area contributed by atoms with E-state index < -0.39 is 0 Å². The first-order valence-corrected chi connectivity index (χ1v) is 8.15. The van der Waals surface area contributed by atoms with Gasteiger partial charge in [0.15, 0.2) is 5.82 Å². The van der Waals surface area contributed by atoms with Crippen LogP contribution in [0.3, 0.4) is 0 Å². The SMILES string of the molecule is CCCN(CCC)c1nncc(Nc2ccc(OC)cc2OC)n1. The van der Waals surface area contributed by atoms with E-state index in [4.69, 9.17) is 9.47 Å². The minimum Gasteiger partial charge on any atom is -0.497 e. The highest BCUT2D eigenvalue weighted by atomic mass is 16.5. The highest BCUT2D eigenvalue weighted by molar-refractivity contribution is 5.65. The van der Waals surface area contributed by atoms with Gasteiger partial charge in [-0.05, 0) is 25.0 Å². The van der Waals surface area contributed by atoms with Crippen molar-refractivity contribution in [3.05, 3.63) is 24.4 Å². The predicted octanol–water partition coefficient (Wildman–Crippen LogP) is 3.26. The van der Waals surface area contributed by atoms with E-state index in [9.17, 15) is 0 Å². The number of benzene rings is 1. The monoisotopic (exact) mass is 331 g/mol. The van der Waals surface area contributed by atoms with Crippen LogP contribution in [0.15, 0.2) is 24.4 Å². The fourth-order valence-electron chi connectivity index (χ4n) is 2.38. The third kappa shape index (κ3) is 4.47. The zero-order valence-corrected chi connectivity index (χ0v) is 14.7. The van der Waals surface area contributed by atoms with Crippen molar-refractivity contribution in [2.24, 2.45) is 0 Å². The Hall–Kier alpha value is -2.57. The van der Waals surface area contributed by atoms with Crippen LogP contribution in [0.25, 0.3) is 0 Å². The first-order chi connectivity index (χ1) is 11.7. The molecule has 0 atom stereocenters. The van der Waals surface area contributed by atoms with Gasteiger partial charge in [0.2, 0.25) is 5.95 Å². The molecule has 0 amide bonds. The van der Waals surface area contributed by atoms with Crippen LogP contribution in [0.5, 0.6) is 11.5 Å². The van der Waals surface area contributed by atoms with Crippen LogP contribution >= 0.6 is 0 Å². The van der Waals surface area contributed by atoms with Gasteiger partial charge in [0.05, 0.1) is 26.1 Å². The van der Waals surface area contributed by atoms with Crippen LogP contribution in [0.1, 0.15) is 26.7 Å². The molecule has 0 aliphatic heterocycles. The van der Waals surface area contributed by atoms with Gasteiger partial charge in [-0.2, -0.15) is 10.1 Å². The lowest BCUT2D eigenvalue weighted by Gasteiger charge is -2.21. The van der Waals surface area contributed by atoms with Crippen molar-refractivity contribution in [3.8, 4) is 11.5 Å². The summed E-state index contributed by atoms with van der Waals surface area (Å²) in [5, 5.41) is 11.5. The van der Waals surface area contributed by atoms with Crippen molar-refractivity contribution >= 4 is 17.5 Å². The highest BCUT2D eigenvalue weighted by Gasteiger charge is 2.11. The van der Waals surface area contributed by atoms with E-state index >= 15 is 0 Å². The van der Waals surface area contributed by atoms with Crippen LogP contribution < -0.4 is 19.7 Å². The number of hydrogen-bond acceptors (Lipinski definition) is 7. The number of aromatic nitrogens is 3. The summed E-state index contributed by atoms with van der Waals surface area (Å²) in [4.78, 5) is 6.72. The largest absolute Gasteiger partial charge is 0.497 e. The summed E-state index contributed by atoms with van der Waals surface area (Å²) in [6, 6.07) is 5.56. The number of methoxy groups -OCH3 is 2. The minimum absolute atomic E-state index is 0.626. The Morgan fingerprint density at radius 2 is 1.83 bits per heavy atom. The second-order valence-corrected chi connectivity index (χ2v) is 5.32. The van der Waals surface area contributed by atoms with Gasteiger partial charge < -0.3 is 19.7 Å². The zero-order chi connectivity index (χ0) is 17.4. The molecule has 1 aromatic heterocycles. The van der Waals surface area contributed by atoms with E-state index in [1.807, 2.05) is 18.2 Å². The van der Waals surface area contributed by atoms with Crippen LogP contribution in [0, 0.1) is 0 Å². The number of nitrogens with one attached hydrogen (secondary N) is 1. The number of anilines is 3. The Morgan fingerprint density at radius 1 is 1.08 bits per heavy atom. The first-order valence-electron chi connectivity index (χ1n) is 8.15. The quantitative estimate of drug-likeness (QED) is 0.756. The topological polar surface area (TPSA) is 72.4 Å². The lowest BCUT2D eigenvalue weighted by atomic mass is 10.2. The standard InChI is InChI=1S/C17H25N5O2/c1-5-9-22(10-6-2)17-20-16(12-18-21-17)19-14-8-7-13(23-3)11-15(14)24-4/h7-8,11-12H,5-6,9-10H2,1-4H3,(H,19,20,21). The van der Waals surface area contributed by atoms with Crippen LogP contribution in [0.4, 0.5) is 17.5 Å². The molecule has 2 aromatic rings. The van der Waals surface area contributed by atoms with Gasteiger partial charge in [0.1, 0.15) is 11.5 Å². The molecule has 0 spiro atoms. The van der Waals surface area contributed by atoms with Gasteiger partial charge in [-0.15, -0.1) is 5.10 Å². The van der Waals surface area contributed by atoms with Crippen molar-refractivity contribution in [1.29, 1.82) is 0 Å². The minimum atomic E-state index is 0.626. The molecule has 24 heavy (non-hydrogen) atoms. The summed E-state index contributed by atoms with van der Waals surface area (Å²) < 4.78 is 10.6. The van der Waals surface area contributed by atoms with Gasteiger partial charge in [-0.1, -0.05) is 13.8 Å². The van der Waals surface area contributed by atoms with Crippen molar-refractivity contribution in [2.75, 3.05) is 37.5 Å². The van der Waals surface area contributed by atoms with Crippen molar-refractivity contribution in [1.82, 2.24) is 15.2 Å². The molecule has 130 valence electrons. The van der Waals surface area contributed by atoms with E-state index in [1.165, 1.54) is 0 Å². The molecule has 0 aliphatic rings. The average Bonchev–Trinajstić information content (AvgIpc) is 2.62. The smallest absolute Gasteiger partial charge is 0.247 e. The Balaban J connectivity index is 2.23. The van der Waals surface area contributed by atoms with E-state index in [0.717, 1.165) is 37.4 Å². The van der Waals surface area contributed by atoms with Crippen molar-refractivity contribution in [2.45, 2.75) is 26.7 Å². The maximum absolute atomic E-state index is 5.40. The number of hydrogen-bond donors (Lipinski definition) is 1. The summed E-state index contributed by atoms with van der Waals surface area (Å²) in [5.74, 6) is 2.67. The molecule has 7 nitrogen and oxygen atoms in total. The normalized spacial score (nSPS) is 10.3. The average molecular weight is 331 g/mol. The fraction of sp³-hybridized carbons (Fsp3) is 0.471. The van der Waals surface area contributed by atoms with Crippen LogP contribution in [-0.2, 0) is 0 Å². The Morgan fingerprint density at radius 3 is 2.46 bits per heavy atom. The number of ether oxygens (including phenoxy) is 2. The lowest BCUT2D eigenvalue weighted by Crippen LogP contribution is -2.27. The van der Waals surface area contributed by atoms with Gasteiger partial charge in [-0.25, -0.2) is 0 Å². The summed E-state index contributed by atoms with van der Waals surface area (Å²) in [7, 11) is 3.24. The Bertz CT molecular complexity index is 645. The molecule has 0 aliphatic carbocycles. The Labute approximate surface area is 143 Å². The molecule has 0 bridgehead atoms. The van der Waals surface area contributed by atoms with E-state index in [-0.39, 0.29) is 0 Å². The van der Waals surface area contributed by atoms with E-state index in [1.54, 1.807) is 20.4 Å². The van der Waals surface area contributed by atoms with Gasteiger partial charge in [0, 0.05) is 19.2 Å². The molecular weight excluding hydrogens is 306 g/mol. The molecule has 1 N–H and O–H groups in total. The second kappa shape index (κ2) is 8.90. The van der Waals surface area contributed by atoms with Crippen molar-refractivity contribution < 1.29 is 9.47 Å². The van der Waals surface area contributed by atoms with E-state index in [0.29, 0.717) is 17.5 Å². The lowest BCUT2D eigenvalue weighted by molar-refractivity contribution is 0.395. The number of nitrogens with zero attached hydrogens (tertiary/aromatic N) is 4. The zero-order valence-electron chi connectivity index (χ0n) is 14.7. The number of rotatable bonds is 9. The molecule has 0 saturated carbocycles. The maximum Gasteiger partial charge on any atom is 0.247 e. The molecule has 1 heterocycles. The fourth-order valence-corrected chi connectivity index (χ4v) is 2.38. The highest BCUT2D eigenvalue weighted by Crippen LogP contribution is 2.31. The molecule has 0 radical (unpaired) electrons. The summed E-state index contributed by atoms with van der Waals surface area (Å²) in [6.45, 7) is 6.09. The third-order valence-corrected chi connectivity index (χ3v) is 3.49. The summed E-state index contributed by atoms with van der Waals surface area (Å²) >= 11 is 0. The van der Waals surface area contributed by atoms with Crippen LogP contribution in [0.2, 0.25) is 0 Å². The molecule has 7 heteroatoms. The third-order valence-electron chi connectivity index (χ3n) is 3.49. The molecule has 1 aromatic carbocycles. The van der Waals surface area contributed by atoms with Gasteiger partial charge in [0.25, 0.3) is 0 Å². The van der Waals surface area contributed by atoms with Gasteiger partial charge >= 0.3 is 0 Å². The predicted molar refractivity (Wildman–Crippen MR) is 95.5 cm³/mol. The second-order valence-electron chi connectivity index (χ2n) is 5.32. The molecule has 0 fully saturated rings.